The van der Waals surface area contributed by atoms with Gasteiger partial charge in [-0.25, -0.2) is 4.98 Å². The molecule has 0 saturated carbocycles. The second-order valence-electron chi connectivity index (χ2n) is 5.48. The molecule has 7 nitrogen and oxygen atoms in total. The van der Waals surface area contributed by atoms with E-state index in [1.165, 1.54) is 11.8 Å². The van der Waals surface area contributed by atoms with Crippen molar-refractivity contribution in [2.75, 3.05) is 6.54 Å². The second kappa shape index (κ2) is 5.80. The average Bonchev–Trinajstić information content (AvgIpc) is 2.57. The van der Waals surface area contributed by atoms with Crippen molar-refractivity contribution in [2.24, 2.45) is 15.8 Å². The van der Waals surface area contributed by atoms with Gasteiger partial charge in [-0.2, -0.15) is 4.39 Å². The molecule has 1 aromatic heterocycles. The fourth-order valence-corrected chi connectivity index (χ4v) is 4.55. The number of rotatable bonds is 1. The van der Waals surface area contributed by atoms with E-state index in [-0.39, 0.29) is 10.9 Å². The predicted octanol–water partition coefficient (Wildman–Crippen LogP) is 4.62. The Labute approximate surface area is 150 Å². The van der Waals surface area contributed by atoms with Gasteiger partial charge in [-0.15, -0.1) is 0 Å². The molecule has 0 aliphatic carbocycles. The Bertz CT molecular complexity index is 977. The number of nitrogens with zero attached hydrogens (tertiary/aromatic N) is 5. The van der Waals surface area contributed by atoms with Gasteiger partial charge in [0.05, 0.1) is 4.75 Å². The number of pyridine rings is 1. The Hall–Kier alpha value is -2.48. The van der Waals surface area contributed by atoms with Crippen LogP contribution >= 0.6 is 23.4 Å². The van der Waals surface area contributed by atoms with Gasteiger partial charge < -0.3 is 10.5 Å². The number of thioether (sulfide) groups is 1. The number of halogens is 2. The van der Waals surface area contributed by atoms with E-state index in [9.17, 15) is 4.39 Å². The molecule has 1 aromatic carbocycles. The molecule has 0 saturated heterocycles. The van der Waals surface area contributed by atoms with Crippen LogP contribution in [0.5, 0.6) is 11.5 Å². The van der Waals surface area contributed by atoms with Gasteiger partial charge in [0.2, 0.25) is 0 Å². The summed E-state index contributed by atoms with van der Waals surface area (Å²) >= 11 is 7.28. The van der Waals surface area contributed by atoms with Gasteiger partial charge in [0, 0.05) is 28.3 Å². The molecule has 0 bridgehead atoms. The van der Waals surface area contributed by atoms with Crippen molar-refractivity contribution in [1.82, 2.24) is 4.98 Å². The van der Waals surface area contributed by atoms with Crippen LogP contribution in [0.2, 0.25) is 5.15 Å². The fraction of sp³-hybridized carbons (Fsp3) is 0.200. The van der Waals surface area contributed by atoms with Crippen LogP contribution in [-0.4, -0.2) is 16.7 Å². The molecular weight excluding hydrogens is 367 g/mol. The van der Waals surface area contributed by atoms with E-state index in [0.29, 0.717) is 35.1 Å². The molecular formula is C15H10ClFN6OS. The van der Waals surface area contributed by atoms with E-state index in [4.69, 9.17) is 27.6 Å². The first-order chi connectivity index (χ1) is 12.0. The third kappa shape index (κ3) is 2.48. The number of nitrogens with two attached hydrogens (primary N) is 1. The summed E-state index contributed by atoms with van der Waals surface area (Å²) in [4.78, 5) is 10.7. The Balaban J connectivity index is 2.03. The summed E-state index contributed by atoms with van der Waals surface area (Å²) in [7, 11) is 0. The maximum Gasteiger partial charge on any atom is 0.257 e. The summed E-state index contributed by atoms with van der Waals surface area (Å²) in [6.45, 7) is 0.463. The Kier molecular flexibility index (Phi) is 3.72. The number of hydrogen-bond donors (Lipinski definition) is 1. The van der Waals surface area contributed by atoms with Crippen LogP contribution in [0.25, 0.3) is 10.4 Å². The lowest BCUT2D eigenvalue weighted by molar-refractivity contribution is 0.391. The normalized spacial score (nSPS) is 20.8. The lowest BCUT2D eigenvalue weighted by Crippen LogP contribution is -2.35. The van der Waals surface area contributed by atoms with Crippen LogP contribution in [-0.2, 0) is 4.75 Å². The van der Waals surface area contributed by atoms with Crippen molar-refractivity contribution < 1.29 is 9.13 Å². The predicted molar refractivity (Wildman–Crippen MR) is 94.0 cm³/mol. The molecule has 126 valence electrons. The number of hydrogen-bond acceptors (Lipinski definition) is 6. The van der Waals surface area contributed by atoms with Crippen molar-refractivity contribution in [3.8, 4) is 11.5 Å². The third-order valence-corrected chi connectivity index (χ3v) is 5.64. The van der Waals surface area contributed by atoms with E-state index in [1.54, 1.807) is 24.3 Å². The molecule has 0 radical (unpaired) electrons. The fourth-order valence-electron chi connectivity index (χ4n) is 3.13. The number of azide groups is 1. The first-order valence-corrected chi connectivity index (χ1v) is 8.46. The standard InChI is InChI=1S/C15H10ClFN6OS/c16-11-6-9-12(13(17)21-11)24-10-2-1-7(22-23-19)5-8(10)15(9)3-4-20-14(18)25-15/h1-2,5-6H,3-4H2,(H2,18,20)/t15-/m0/s1. The van der Waals surface area contributed by atoms with Crippen LogP contribution in [0.3, 0.4) is 0 Å². The highest BCUT2D eigenvalue weighted by Gasteiger charge is 2.46. The first kappa shape index (κ1) is 16.0. The van der Waals surface area contributed by atoms with Crippen LogP contribution in [0.1, 0.15) is 17.5 Å². The molecule has 0 unspecified atom stereocenters. The first-order valence-electron chi connectivity index (χ1n) is 7.26. The van der Waals surface area contributed by atoms with E-state index < -0.39 is 10.7 Å². The highest BCUT2D eigenvalue weighted by molar-refractivity contribution is 8.14. The van der Waals surface area contributed by atoms with Crippen LogP contribution in [0.4, 0.5) is 10.1 Å². The average molecular weight is 377 g/mol. The van der Waals surface area contributed by atoms with Crippen LogP contribution in [0, 0.1) is 5.95 Å². The molecule has 3 heterocycles. The SMILES string of the molecule is [N-]=[N+]=Nc1ccc2c(c1)[C@@]1(CCN=C(N)S1)c1cc(Cl)nc(F)c1O2. The highest BCUT2D eigenvalue weighted by atomic mass is 35.5. The summed E-state index contributed by atoms with van der Waals surface area (Å²) in [5, 5.41) is 4.05. The molecule has 2 aromatic rings. The van der Waals surface area contributed by atoms with Crippen molar-refractivity contribution in [3.63, 3.8) is 0 Å². The van der Waals surface area contributed by atoms with E-state index >= 15 is 0 Å². The third-order valence-electron chi connectivity index (χ3n) is 4.12. The van der Waals surface area contributed by atoms with Gasteiger partial charge in [-0.1, -0.05) is 28.5 Å². The molecule has 25 heavy (non-hydrogen) atoms. The Morgan fingerprint density at radius 2 is 2.24 bits per heavy atom. The quantitative estimate of drug-likeness (QED) is 0.339. The van der Waals surface area contributed by atoms with Crippen molar-refractivity contribution in [1.29, 1.82) is 0 Å². The van der Waals surface area contributed by atoms with Gasteiger partial charge in [-0.05, 0) is 36.2 Å². The second-order valence-corrected chi connectivity index (χ2v) is 7.19. The number of benzene rings is 1. The monoisotopic (exact) mass is 376 g/mol. The van der Waals surface area contributed by atoms with Crippen LogP contribution < -0.4 is 10.5 Å². The topological polar surface area (TPSA) is 109 Å². The summed E-state index contributed by atoms with van der Waals surface area (Å²) in [5.74, 6) is -0.307. The molecule has 1 atom stereocenters. The minimum absolute atomic E-state index is 0.0237. The van der Waals surface area contributed by atoms with Gasteiger partial charge in [0.1, 0.15) is 10.9 Å². The zero-order chi connectivity index (χ0) is 17.6. The Morgan fingerprint density at radius 1 is 1.40 bits per heavy atom. The minimum Gasteiger partial charge on any atom is -0.452 e. The molecule has 1 spiro atoms. The van der Waals surface area contributed by atoms with Gasteiger partial charge in [-0.3, -0.25) is 4.99 Å². The number of amidine groups is 1. The number of fused-ring (bicyclic) bond motifs is 4. The molecule has 4 rings (SSSR count). The largest absolute Gasteiger partial charge is 0.452 e. The van der Waals surface area contributed by atoms with Crippen molar-refractivity contribution in [3.05, 3.63) is 56.9 Å². The molecule has 2 aliphatic rings. The van der Waals surface area contributed by atoms with Crippen LogP contribution in [0.15, 0.2) is 34.4 Å². The molecule has 0 fully saturated rings. The molecule has 10 heteroatoms. The number of ether oxygens (including phenoxy) is 1. The summed E-state index contributed by atoms with van der Waals surface area (Å²) in [6.07, 6.45) is 0.557. The maximum atomic E-state index is 14.4. The van der Waals surface area contributed by atoms with Crippen molar-refractivity contribution in [2.45, 2.75) is 11.2 Å². The summed E-state index contributed by atoms with van der Waals surface area (Å²) in [6, 6.07) is 6.54. The molecule has 2 N–H and O–H groups in total. The summed E-state index contributed by atoms with van der Waals surface area (Å²) in [5.41, 5.74) is 16.4. The minimum atomic E-state index is -0.784. The molecule has 2 aliphatic heterocycles. The van der Waals surface area contributed by atoms with Crippen molar-refractivity contribution >= 4 is 34.2 Å². The van der Waals surface area contributed by atoms with E-state index in [0.717, 1.165) is 5.56 Å². The van der Waals surface area contributed by atoms with Gasteiger partial charge in [0.25, 0.3) is 5.95 Å². The summed E-state index contributed by atoms with van der Waals surface area (Å²) < 4.78 is 19.4. The van der Waals surface area contributed by atoms with E-state index in [2.05, 4.69) is 20.0 Å². The highest BCUT2D eigenvalue weighted by Crippen LogP contribution is 2.58. The van der Waals surface area contributed by atoms with E-state index in [1.807, 2.05) is 0 Å². The number of aliphatic imine (C=N–C) groups is 1. The zero-order valence-corrected chi connectivity index (χ0v) is 14.2. The van der Waals surface area contributed by atoms with Gasteiger partial charge >= 0.3 is 0 Å². The zero-order valence-electron chi connectivity index (χ0n) is 12.6. The smallest absolute Gasteiger partial charge is 0.257 e. The van der Waals surface area contributed by atoms with Gasteiger partial charge in [0.15, 0.2) is 10.9 Å². The molecule has 0 amide bonds. The maximum absolute atomic E-state index is 14.4. The Morgan fingerprint density at radius 3 is 3.00 bits per heavy atom. The number of aromatic nitrogens is 1. The lowest BCUT2D eigenvalue weighted by atomic mass is 9.84. The lowest BCUT2D eigenvalue weighted by Gasteiger charge is -2.40.